The molecule has 0 aliphatic rings. The van der Waals surface area contributed by atoms with Crippen LogP contribution in [-0.2, 0) is 9.53 Å². The first-order valence-electron chi connectivity index (χ1n) is 9.95. The molecule has 0 aliphatic heterocycles. The van der Waals surface area contributed by atoms with Crippen LogP contribution in [0.4, 0.5) is 5.00 Å². The van der Waals surface area contributed by atoms with Crippen molar-refractivity contribution in [3.63, 3.8) is 0 Å². The third kappa shape index (κ3) is 4.97. The number of ether oxygens (including phenoxy) is 1. The molecule has 1 atom stereocenters. The maximum absolute atomic E-state index is 12.4. The normalized spacial score (nSPS) is 11.4. The SMILES string of the molecule is Cc1ccc(-c2nnc(-c3ccc(C(=O)OC(C)C(=O)Nc4sccc4C#N)cc3)o2)cc1. The van der Waals surface area contributed by atoms with Gasteiger partial charge in [0.2, 0.25) is 11.8 Å². The highest BCUT2D eigenvalue weighted by Gasteiger charge is 2.21. The molecule has 1 unspecified atom stereocenters. The van der Waals surface area contributed by atoms with Gasteiger partial charge in [0.1, 0.15) is 11.1 Å². The number of nitrogens with one attached hydrogen (secondary N) is 1. The maximum atomic E-state index is 12.4. The number of anilines is 1. The summed E-state index contributed by atoms with van der Waals surface area (Å²) < 4.78 is 11.0. The van der Waals surface area contributed by atoms with Gasteiger partial charge in [0.25, 0.3) is 5.91 Å². The van der Waals surface area contributed by atoms with Crippen molar-refractivity contribution in [2.24, 2.45) is 0 Å². The lowest BCUT2D eigenvalue weighted by Gasteiger charge is -2.13. The number of carbonyl (C=O) groups is 2. The van der Waals surface area contributed by atoms with Crippen LogP contribution in [0, 0.1) is 18.3 Å². The van der Waals surface area contributed by atoms with Gasteiger partial charge in [0.05, 0.1) is 11.1 Å². The van der Waals surface area contributed by atoms with Crippen LogP contribution in [0.1, 0.15) is 28.4 Å². The first-order chi connectivity index (χ1) is 15.9. The standard InChI is InChI=1S/C24H18N4O4S/c1-14-3-5-16(6-4-14)21-27-28-22(32-21)17-7-9-18(10-8-17)24(30)31-15(2)20(29)26-23-19(13-25)11-12-33-23/h3-12,15H,1-2H3,(H,26,29). The summed E-state index contributed by atoms with van der Waals surface area (Å²) in [7, 11) is 0. The minimum absolute atomic E-state index is 0.269. The van der Waals surface area contributed by atoms with Gasteiger partial charge in [0, 0.05) is 11.1 Å². The number of benzene rings is 2. The topological polar surface area (TPSA) is 118 Å². The maximum Gasteiger partial charge on any atom is 0.338 e. The number of carbonyl (C=O) groups excluding carboxylic acids is 2. The average Bonchev–Trinajstić information content (AvgIpc) is 3.49. The van der Waals surface area contributed by atoms with Crippen molar-refractivity contribution < 1.29 is 18.7 Å². The number of amides is 1. The van der Waals surface area contributed by atoms with Crippen molar-refractivity contribution >= 4 is 28.2 Å². The third-order valence-corrected chi connectivity index (χ3v) is 5.60. The molecule has 4 aromatic rings. The van der Waals surface area contributed by atoms with Crippen molar-refractivity contribution in [1.29, 1.82) is 5.26 Å². The van der Waals surface area contributed by atoms with Crippen LogP contribution in [-0.4, -0.2) is 28.2 Å². The van der Waals surface area contributed by atoms with Gasteiger partial charge in [-0.3, -0.25) is 4.79 Å². The number of esters is 1. The molecular weight excluding hydrogens is 440 g/mol. The molecule has 0 fully saturated rings. The third-order valence-electron chi connectivity index (χ3n) is 4.77. The summed E-state index contributed by atoms with van der Waals surface area (Å²) in [5, 5.41) is 21.9. The predicted molar refractivity (Wildman–Crippen MR) is 122 cm³/mol. The second kappa shape index (κ2) is 9.46. The fourth-order valence-electron chi connectivity index (χ4n) is 2.89. The zero-order chi connectivity index (χ0) is 23.4. The van der Waals surface area contributed by atoms with E-state index in [9.17, 15) is 9.59 Å². The summed E-state index contributed by atoms with van der Waals surface area (Å²) in [6.07, 6.45) is -1.04. The van der Waals surface area contributed by atoms with Crippen LogP contribution in [0.3, 0.4) is 0 Å². The molecule has 0 spiro atoms. The summed E-state index contributed by atoms with van der Waals surface area (Å²) in [4.78, 5) is 24.7. The van der Waals surface area contributed by atoms with Gasteiger partial charge in [-0.2, -0.15) is 5.26 Å². The molecule has 0 radical (unpaired) electrons. The van der Waals surface area contributed by atoms with E-state index >= 15 is 0 Å². The molecule has 0 saturated heterocycles. The quantitative estimate of drug-likeness (QED) is 0.411. The molecule has 2 aromatic carbocycles. The highest BCUT2D eigenvalue weighted by Crippen LogP contribution is 2.25. The van der Waals surface area contributed by atoms with E-state index in [2.05, 4.69) is 15.5 Å². The van der Waals surface area contributed by atoms with Crippen LogP contribution < -0.4 is 5.32 Å². The summed E-state index contributed by atoms with van der Waals surface area (Å²) in [6, 6.07) is 17.8. The van der Waals surface area contributed by atoms with Crippen LogP contribution >= 0.6 is 11.3 Å². The van der Waals surface area contributed by atoms with Crippen molar-refractivity contribution in [3.05, 3.63) is 76.7 Å². The second-order valence-electron chi connectivity index (χ2n) is 7.17. The van der Waals surface area contributed by atoms with Crippen LogP contribution in [0.5, 0.6) is 0 Å². The Morgan fingerprint density at radius 2 is 1.64 bits per heavy atom. The molecule has 164 valence electrons. The molecule has 0 bridgehead atoms. The molecule has 4 rings (SSSR count). The van der Waals surface area contributed by atoms with Gasteiger partial charge in [0.15, 0.2) is 6.10 Å². The van der Waals surface area contributed by atoms with Gasteiger partial charge in [-0.1, -0.05) is 17.7 Å². The average molecular weight is 458 g/mol. The number of nitrogens with zero attached hydrogens (tertiary/aromatic N) is 3. The molecule has 1 N–H and O–H groups in total. The Hall–Kier alpha value is -4.29. The number of nitriles is 1. The summed E-state index contributed by atoms with van der Waals surface area (Å²) in [5.41, 5.74) is 3.21. The zero-order valence-electron chi connectivity index (χ0n) is 17.7. The second-order valence-corrected chi connectivity index (χ2v) is 8.08. The van der Waals surface area contributed by atoms with Gasteiger partial charge in [-0.15, -0.1) is 21.5 Å². The monoisotopic (exact) mass is 458 g/mol. The van der Waals surface area contributed by atoms with Crippen LogP contribution in [0.25, 0.3) is 22.9 Å². The van der Waals surface area contributed by atoms with E-state index in [-0.39, 0.29) is 5.56 Å². The number of thiophene rings is 1. The molecular formula is C24H18N4O4S. The van der Waals surface area contributed by atoms with Crippen LogP contribution in [0.15, 0.2) is 64.4 Å². The Balaban J connectivity index is 1.39. The first-order valence-corrected chi connectivity index (χ1v) is 10.8. The minimum Gasteiger partial charge on any atom is -0.449 e. The smallest absolute Gasteiger partial charge is 0.338 e. The lowest BCUT2D eigenvalue weighted by atomic mass is 10.1. The van der Waals surface area contributed by atoms with Crippen molar-refractivity contribution in [1.82, 2.24) is 10.2 Å². The van der Waals surface area contributed by atoms with Gasteiger partial charge < -0.3 is 14.5 Å². The summed E-state index contributed by atoms with van der Waals surface area (Å²) in [5.74, 6) is -0.448. The fraction of sp³-hybridized carbons (Fsp3) is 0.125. The number of hydrogen-bond donors (Lipinski definition) is 1. The Morgan fingerprint density at radius 1 is 1.03 bits per heavy atom. The molecule has 33 heavy (non-hydrogen) atoms. The van der Waals surface area contributed by atoms with E-state index in [4.69, 9.17) is 14.4 Å². The summed E-state index contributed by atoms with van der Waals surface area (Å²) >= 11 is 1.22. The number of aryl methyl sites for hydroxylation is 1. The number of aromatic nitrogens is 2. The summed E-state index contributed by atoms with van der Waals surface area (Å²) in [6.45, 7) is 3.46. The Morgan fingerprint density at radius 3 is 2.24 bits per heavy atom. The Kier molecular flexibility index (Phi) is 6.29. The molecule has 8 nitrogen and oxygen atoms in total. The molecule has 2 heterocycles. The van der Waals surface area contributed by atoms with E-state index in [1.165, 1.54) is 18.3 Å². The zero-order valence-corrected chi connectivity index (χ0v) is 18.6. The van der Waals surface area contributed by atoms with E-state index in [0.717, 1.165) is 11.1 Å². The lowest BCUT2D eigenvalue weighted by molar-refractivity contribution is -0.123. The van der Waals surface area contributed by atoms with E-state index in [1.807, 2.05) is 37.3 Å². The highest BCUT2D eigenvalue weighted by atomic mass is 32.1. The Bertz CT molecular complexity index is 1330. The fourth-order valence-corrected chi connectivity index (χ4v) is 3.63. The molecule has 0 saturated carbocycles. The van der Waals surface area contributed by atoms with Gasteiger partial charge in [-0.25, -0.2) is 4.79 Å². The van der Waals surface area contributed by atoms with E-state index < -0.39 is 18.0 Å². The van der Waals surface area contributed by atoms with Gasteiger partial charge in [-0.05, 0) is 61.7 Å². The van der Waals surface area contributed by atoms with Crippen molar-refractivity contribution in [2.75, 3.05) is 5.32 Å². The van der Waals surface area contributed by atoms with Crippen molar-refractivity contribution in [3.8, 4) is 29.0 Å². The largest absolute Gasteiger partial charge is 0.449 e. The predicted octanol–water partition coefficient (Wildman–Crippen LogP) is 4.83. The molecule has 1 amide bonds. The first kappa shape index (κ1) is 21.9. The highest BCUT2D eigenvalue weighted by molar-refractivity contribution is 7.14. The molecule has 2 aromatic heterocycles. The van der Waals surface area contributed by atoms with Gasteiger partial charge >= 0.3 is 5.97 Å². The molecule has 0 aliphatic carbocycles. The lowest BCUT2D eigenvalue weighted by Crippen LogP contribution is -2.29. The number of hydrogen-bond acceptors (Lipinski definition) is 8. The van der Waals surface area contributed by atoms with Crippen molar-refractivity contribution in [2.45, 2.75) is 20.0 Å². The number of rotatable bonds is 6. The van der Waals surface area contributed by atoms with E-state index in [0.29, 0.717) is 27.9 Å². The minimum atomic E-state index is -1.04. The van der Waals surface area contributed by atoms with Crippen LogP contribution in [0.2, 0.25) is 0 Å². The Labute approximate surface area is 193 Å². The van der Waals surface area contributed by atoms with E-state index in [1.54, 1.807) is 35.7 Å². The molecule has 9 heteroatoms.